The van der Waals surface area contributed by atoms with Crippen LogP contribution in [0.2, 0.25) is 0 Å². The minimum atomic E-state index is -1.06. The van der Waals surface area contributed by atoms with E-state index in [4.69, 9.17) is 0 Å². The summed E-state index contributed by atoms with van der Waals surface area (Å²) in [6, 6.07) is 4.81. The summed E-state index contributed by atoms with van der Waals surface area (Å²) < 4.78 is 41.3. The predicted octanol–water partition coefficient (Wildman–Crippen LogP) is 3.89. The van der Waals surface area contributed by atoms with Crippen molar-refractivity contribution in [2.24, 2.45) is 0 Å². The highest BCUT2D eigenvalue weighted by Gasteiger charge is 2.26. The molecule has 0 aliphatic carbocycles. The molecule has 28 heavy (non-hydrogen) atoms. The van der Waals surface area contributed by atoms with Crippen molar-refractivity contribution in [3.8, 4) is 0 Å². The number of benzene rings is 2. The van der Waals surface area contributed by atoms with Gasteiger partial charge in [-0.2, -0.15) is 0 Å². The molecule has 0 spiro atoms. The molecule has 0 atom stereocenters. The molecule has 3 rings (SSSR count). The molecule has 2 aromatic rings. The van der Waals surface area contributed by atoms with Gasteiger partial charge in [0.15, 0.2) is 17.4 Å². The number of rotatable bonds is 3. The van der Waals surface area contributed by atoms with Gasteiger partial charge in [-0.15, -0.1) is 0 Å². The average Bonchev–Trinajstić information content (AvgIpc) is 2.65. The minimum absolute atomic E-state index is 0.125. The van der Waals surface area contributed by atoms with Crippen molar-refractivity contribution in [2.75, 3.05) is 31.1 Å². The molecular formula is C21H21F3N2O2. The van der Waals surface area contributed by atoms with Gasteiger partial charge in [0.2, 0.25) is 0 Å². The second-order valence-corrected chi connectivity index (χ2v) is 7.04. The molecular weight excluding hydrogens is 369 g/mol. The lowest BCUT2D eigenvalue weighted by atomic mass is 10.0. The molecule has 0 radical (unpaired) electrons. The second-order valence-electron chi connectivity index (χ2n) is 7.04. The maximum Gasteiger partial charge on any atom is 0.254 e. The van der Waals surface area contributed by atoms with Crippen LogP contribution in [0.1, 0.15) is 38.8 Å². The Labute approximate surface area is 161 Å². The lowest BCUT2D eigenvalue weighted by molar-refractivity contribution is 0.0745. The summed E-state index contributed by atoms with van der Waals surface area (Å²) in [5.41, 5.74) is 1.93. The van der Waals surface area contributed by atoms with E-state index in [0.717, 1.165) is 12.1 Å². The Hall–Kier alpha value is -2.83. The first kappa shape index (κ1) is 19.9. The topological polar surface area (TPSA) is 40.6 Å². The SMILES string of the molecule is CC(=O)c1cc(F)c(N2CCN(C(=O)c3cc(F)c(F)cc3C)CC2)cc1C. The maximum absolute atomic E-state index is 14.5. The van der Waals surface area contributed by atoms with Gasteiger partial charge < -0.3 is 9.80 Å². The summed E-state index contributed by atoms with van der Waals surface area (Å²) in [6.07, 6.45) is 0. The molecule has 1 saturated heterocycles. The smallest absolute Gasteiger partial charge is 0.254 e. The summed E-state index contributed by atoms with van der Waals surface area (Å²) in [6.45, 7) is 6.14. The van der Waals surface area contributed by atoms with Crippen molar-refractivity contribution in [1.29, 1.82) is 0 Å². The first-order valence-corrected chi connectivity index (χ1v) is 9.00. The van der Waals surface area contributed by atoms with E-state index < -0.39 is 17.5 Å². The molecule has 1 aliphatic rings. The van der Waals surface area contributed by atoms with Crippen molar-refractivity contribution in [1.82, 2.24) is 4.90 Å². The highest BCUT2D eigenvalue weighted by Crippen LogP contribution is 2.26. The van der Waals surface area contributed by atoms with E-state index >= 15 is 0 Å². The number of Topliss-reactive ketones (excluding diaryl/α,β-unsaturated/α-hetero) is 1. The quantitative estimate of drug-likeness (QED) is 0.747. The molecule has 1 aliphatic heterocycles. The largest absolute Gasteiger partial charge is 0.366 e. The van der Waals surface area contributed by atoms with E-state index in [1.54, 1.807) is 24.8 Å². The zero-order chi connectivity index (χ0) is 20.6. The van der Waals surface area contributed by atoms with E-state index in [2.05, 4.69) is 0 Å². The summed E-state index contributed by atoms with van der Waals surface area (Å²) in [7, 11) is 0. The first-order valence-electron chi connectivity index (χ1n) is 9.00. The third kappa shape index (κ3) is 3.74. The Kier molecular flexibility index (Phi) is 5.45. The Morgan fingerprint density at radius 3 is 1.93 bits per heavy atom. The lowest BCUT2D eigenvalue weighted by Crippen LogP contribution is -2.49. The summed E-state index contributed by atoms with van der Waals surface area (Å²) >= 11 is 0. The molecule has 0 N–H and O–H groups in total. The highest BCUT2D eigenvalue weighted by atomic mass is 19.2. The zero-order valence-electron chi connectivity index (χ0n) is 16.0. The van der Waals surface area contributed by atoms with E-state index in [1.807, 2.05) is 4.90 Å². The van der Waals surface area contributed by atoms with Crippen molar-refractivity contribution in [3.05, 3.63) is 64.0 Å². The Balaban J connectivity index is 1.75. The van der Waals surface area contributed by atoms with Crippen LogP contribution in [0.5, 0.6) is 0 Å². The van der Waals surface area contributed by atoms with Crippen LogP contribution in [0.3, 0.4) is 0 Å². The van der Waals surface area contributed by atoms with E-state index in [1.165, 1.54) is 13.0 Å². The number of piperazine rings is 1. The van der Waals surface area contributed by atoms with Gasteiger partial charge in [0.05, 0.1) is 5.69 Å². The predicted molar refractivity (Wildman–Crippen MR) is 100 cm³/mol. The number of nitrogens with zero attached hydrogens (tertiary/aromatic N) is 2. The number of hydrogen-bond donors (Lipinski definition) is 0. The zero-order valence-corrected chi connectivity index (χ0v) is 16.0. The van der Waals surface area contributed by atoms with Gasteiger partial charge in [-0.3, -0.25) is 9.59 Å². The second kappa shape index (κ2) is 7.66. The molecule has 2 aromatic carbocycles. The standard InChI is InChI=1S/C21H21F3N2O2/c1-12-8-17(22)18(23)11-16(12)21(28)26-6-4-25(5-7-26)20-9-13(2)15(14(3)27)10-19(20)24/h8-11H,4-7H2,1-3H3. The summed E-state index contributed by atoms with van der Waals surface area (Å²) in [5.74, 6) is -3.10. The number of anilines is 1. The number of hydrogen-bond acceptors (Lipinski definition) is 3. The van der Waals surface area contributed by atoms with Crippen LogP contribution in [0, 0.1) is 31.3 Å². The van der Waals surface area contributed by atoms with E-state index in [9.17, 15) is 22.8 Å². The number of aryl methyl sites for hydroxylation is 2. The van der Waals surface area contributed by atoms with Gasteiger partial charge >= 0.3 is 0 Å². The third-order valence-electron chi connectivity index (χ3n) is 5.08. The number of amides is 1. The summed E-state index contributed by atoms with van der Waals surface area (Å²) in [5, 5.41) is 0. The Bertz CT molecular complexity index is 951. The Morgan fingerprint density at radius 1 is 0.786 bits per heavy atom. The molecule has 0 aromatic heterocycles. The molecule has 1 fully saturated rings. The maximum atomic E-state index is 14.5. The summed E-state index contributed by atoms with van der Waals surface area (Å²) in [4.78, 5) is 27.6. The molecule has 4 nitrogen and oxygen atoms in total. The number of halogens is 3. The fourth-order valence-corrected chi connectivity index (χ4v) is 3.49. The van der Waals surface area contributed by atoms with Crippen LogP contribution in [-0.2, 0) is 0 Å². The van der Waals surface area contributed by atoms with Gasteiger partial charge in [-0.25, -0.2) is 13.2 Å². The van der Waals surface area contributed by atoms with Crippen LogP contribution in [0.25, 0.3) is 0 Å². The molecule has 7 heteroatoms. The van der Waals surface area contributed by atoms with Crippen LogP contribution in [0.4, 0.5) is 18.9 Å². The van der Waals surface area contributed by atoms with Crippen molar-refractivity contribution in [2.45, 2.75) is 20.8 Å². The fourth-order valence-electron chi connectivity index (χ4n) is 3.49. The number of ketones is 1. The van der Waals surface area contributed by atoms with Crippen molar-refractivity contribution in [3.63, 3.8) is 0 Å². The van der Waals surface area contributed by atoms with Gasteiger partial charge in [-0.05, 0) is 56.2 Å². The highest BCUT2D eigenvalue weighted by molar-refractivity contribution is 5.96. The molecule has 0 bridgehead atoms. The van der Waals surface area contributed by atoms with Crippen LogP contribution < -0.4 is 4.90 Å². The molecule has 0 unspecified atom stereocenters. The molecule has 1 amide bonds. The van der Waals surface area contributed by atoms with E-state index in [-0.39, 0.29) is 17.3 Å². The average molecular weight is 390 g/mol. The van der Waals surface area contributed by atoms with Crippen LogP contribution in [0.15, 0.2) is 24.3 Å². The van der Waals surface area contributed by atoms with Gasteiger partial charge in [0, 0.05) is 37.3 Å². The fraction of sp³-hybridized carbons (Fsp3) is 0.333. The molecule has 0 saturated carbocycles. The van der Waals surface area contributed by atoms with Crippen LogP contribution >= 0.6 is 0 Å². The van der Waals surface area contributed by atoms with E-state index in [0.29, 0.717) is 48.6 Å². The molecule has 1 heterocycles. The first-order chi connectivity index (χ1) is 13.2. The minimum Gasteiger partial charge on any atom is -0.366 e. The van der Waals surface area contributed by atoms with Gasteiger partial charge in [-0.1, -0.05) is 0 Å². The normalized spacial score (nSPS) is 14.4. The molecule has 148 valence electrons. The Morgan fingerprint density at radius 2 is 1.32 bits per heavy atom. The van der Waals surface area contributed by atoms with Crippen LogP contribution in [-0.4, -0.2) is 42.8 Å². The number of carbonyl (C=O) groups excluding carboxylic acids is 2. The van der Waals surface area contributed by atoms with Gasteiger partial charge in [0.1, 0.15) is 5.82 Å². The monoisotopic (exact) mass is 390 g/mol. The lowest BCUT2D eigenvalue weighted by Gasteiger charge is -2.36. The van der Waals surface area contributed by atoms with Crippen molar-refractivity contribution >= 4 is 17.4 Å². The van der Waals surface area contributed by atoms with Gasteiger partial charge in [0.25, 0.3) is 5.91 Å². The number of carbonyl (C=O) groups is 2. The third-order valence-corrected chi connectivity index (χ3v) is 5.08. The van der Waals surface area contributed by atoms with Crippen molar-refractivity contribution < 1.29 is 22.8 Å².